The van der Waals surface area contributed by atoms with Gasteiger partial charge in [-0.1, -0.05) is 23.7 Å². The first-order chi connectivity index (χ1) is 12.6. The van der Waals surface area contributed by atoms with Crippen molar-refractivity contribution in [2.24, 2.45) is 0 Å². The van der Waals surface area contributed by atoms with Gasteiger partial charge in [-0.3, -0.25) is 9.69 Å². The predicted octanol–water partition coefficient (Wildman–Crippen LogP) is 4.23. The topological polar surface area (TPSA) is 34.5 Å². The molecule has 4 rings (SSSR count). The third-order valence-corrected chi connectivity index (χ3v) is 6.24. The average Bonchev–Trinajstić information content (AvgIpc) is 3.17. The summed E-state index contributed by atoms with van der Waals surface area (Å²) in [7, 11) is 0. The first-order valence-electron chi connectivity index (χ1n) is 8.82. The standard InChI is InChI=1S/C20H21ClN2O2S/c1-14-11-16-13-18(19(24)15-3-2-4-17(21)12-15)26-20(16)23(14)6-5-22-7-9-25-10-8-22/h2-4,11-13H,5-10H2,1H3. The molecule has 3 aromatic rings. The molecule has 2 aromatic heterocycles. The number of morpholine rings is 1. The first-order valence-corrected chi connectivity index (χ1v) is 10.0. The number of hydrogen-bond acceptors (Lipinski definition) is 4. The Morgan fingerprint density at radius 2 is 2.00 bits per heavy atom. The first kappa shape index (κ1) is 17.7. The molecule has 1 saturated heterocycles. The molecule has 0 aliphatic carbocycles. The van der Waals surface area contributed by atoms with Crippen molar-refractivity contribution in [3.63, 3.8) is 0 Å². The minimum absolute atomic E-state index is 0.0334. The fourth-order valence-corrected chi connectivity index (χ4v) is 4.78. The zero-order valence-electron chi connectivity index (χ0n) is 14.7. The molecule has 0 unspecified atom stereocenters. The molecule has 26 heavy (non-hydrogen) atoms. The molecular formula is C20H21ClN2O2S. The number of nitrogens with zero attached hydrogens (tertiary/aromatic N) is 2. The monoisotopic (exact) mass is 388 g/mol. The number of carbonyl (C=O) groups is 1. The second-order valence-corrected chi connectivity index (χ2v) is 8.07. The van der Waals surface area contributed by atoms with E-state index in [2.05, 4.69) is 22.5 Å². The number of aromatic nitrogens is 1. The van der Waals surface area contributed by atoms with Crippen LogP contribution >= 0.6 is 22.9 Å². The highest BCUT2D eigenvalue weighted by atomic mass is 35.5. The van der Waals surface area contributed by atoms with Crippen LogP contribution in [0.15, 0.2) is 36.4 Å². The lowest BCUT2D eigenvalue weighted by Gasteiger charge is -2.26. The predicted molar refractivity (Wildman–Crippen MR) is 107 cm³/mol. The van der Waals surface area contributed by atoms with Crippen LogP contribution in [0.3, 0.4) is 0 Å². The van der Waals surface area contributed by atoms with E-state index in [4.69, 9.17) is 16.3 Å². The van der Waals surface area contributed by atoms with Gasteiger partial charge in [0.1, 0.15) is 4.83 Å². The van der Waals surface area contributed by atoms with E-state index < -0.39 is 0 Å². The summed E-state index contributed by atoms with van der Waals surface area (Å²) in [6.07, 6.45) is 0. The van der Waals surface area contributed by atoms with Crippen LogP contribution in [0.2, 0.25) is 5.02 Å². The van der Waals surface area contributed by atoms with Gasteiger partial charge in [-0.15, -0.1) is 11.3 Å². The van der Waals surface area contributed by atoms with Crippen molar-refractivity contribution in [2.45, 2.75) is 13.5 Å². The minimum Gasteiger partial charge on any atom is -0.379 e. The van der Waals surface area contributed by atoms with Gasteiger partial charge < -0.3 is 9.30 Å². The number of ether oxygens (including phenoxy) is 1. The van der Waals surface area contributed by atoms with Gasteiger partial charge in [0.2, 0.25) is 5.78 Å². The molecule has 1 aliphatic rings. The van der Waals surface area contributed by atoms with Crippen molar-refractivity contribution in [3.05, 3.63) is 57.6 Å². The Labute approximate surface area is 161 Å². The van der Waals surface area contributed by atoms with E-state index in [9.17, 15) is 4.79 Å². The van der Waals surface area contributed by atoms with Crippen molar-refractivity contribution in [1.29, 1.82) is 0 Å². The number of fused-ring (bicyclic) bond motifs is 1. The number of carbonyl (C=O) groups excluding carboxylic acids is 1. The number of halogens is 1. The quantitative estimate of drug-likeness (QED) is 0.613. The van der Waals surface area contributed by atoms with Crippen LogP contribution in [-0.4, -0.2) is 48.1 Å². The molecule has 0 bridgehead atoms. The van der Waals surface area contributed by atoms with Gasteiger partial charge in [-0.25, -0.2) is 0 Å². The van der Waals surface area contributed by atoms with Crippen LogP contribution in [0.5, 0.6) is 0 Å². The van der Waals surface area contributed by atoms with E-state index in [1.807, 2.05) is 18.2 Å². The zero-order valence-corrected chi connectivity index (χ0v) is 16.3. The summed E-state index contributed by atoms with van der Waals surface area (Å²) in [6, 6.07) is 11.3. The second kappa shape index (κ2) is 7.53. The van der Waals surface area contributed by atoms with E-state index in [1.54, 1.807) is 23.5 Å². The average molecular weight is 389 g/mol. The van der Waals surface area contributed by atoms with Crippen LogP contribution in [0.25, 0.3) is 10.2 Å². The van der Waals surface area contributed by atoms with Crippen LogP contribution < -0.4 is 0 Å². The zero-order chi connectivity index (χ0) is 18.1. The summed E-state index contributed by atoms with van der Waals surface area (Å²) in [6.45, 7) is 7.68. The van der Waals surface area contributed by atoms with E-state index in [-0.39, 0.29) is 5.78 Å². The van der Waals surface area contributed by atoms with Gasteiger partial charge in [0.15, 0.2) is 0 Å². The molecular weight excluding hydrogens is 368 g/mol. The summed E-state index contributed by atoms with van der Waals surface area (Å²) in [5.41, 5.74) is 1.87. The Kier molecular flexibility index (Phi) is 5.14. The summed E-state index contributed by atoms with van der Waals surface area (Å²) in [5, 5.41) is 1.72. The van der Waals surface area contributed by atoms with Gasteiger partial charge in [0.05, 0.1) is 18.1 Å². The SMILES string of the molecule is Cc1cc2cc(C(=O)c3cccc(Cl)c3)sc2n1CCN1CCOCC1. The second-order valence-electron chi connectivity index (χ2n) is 6.60. The van der Waals surface area contributed by atoms with Gasteiger partial charge in [-0.05, 0) is 31.2 Å². The van der Waals surface area contributed by atoms with Crippen LogP contribution in [0.1, 0.15) is 20.9 Å². The highest BCUT2D eigenvalue weighted by Crippen LogP contribution is 2.31. The molecule has 4 nitrogen and oxygen atoms in total. The van der Waals surface area contributed by atoms with Crippen molar-refractivity contribution >= 4 is 38.9 Å². The lowest BCUT2D eigenvalue weighted by Crippen LogP contribution is -2.38. The molecule has 0 spiro atoms. The van der Waals surface area contributed by atoms with E-state index in [0.717, 1.165) is 49.7 Å². The Morgan fingerprint density at radius 3 is 2.77 bits per heavy atom. The summed E-state index contributed by atoms with van der Waals surface area (Å²) in [4.78, 5) is 17.1. The largest absolute Gasteiger partial charge is 0.379 e. The molecule has 0 atom stereocenters. The Morgan fingerprint density at radius 1 is 1.19 bits per heavy atom. The molecule has 0 N–H and O–H groups in total. The van der Waals surface area contributed by atoms with Crippen LogP contribution in [-0.2, 0) is 11.3 Å². The number of hydrogen-bond donors (Lipinski definition) is 0. The number of rotatable bonds is 5. The molecule has 0 radical (unpaired) electrons. The van der Waals surface area contributed by atoms with Crippen LogP contribution in [0.4, 0.5) is 0 Å². The van der Waals surface area contributed by atoms with Crippen molar-refractivity contribution in [1.82, 2.24) is 9.47 Å². The molecule has 3 heterocycles. The van der Waals surface area contributed by atoms with Crippen LogP contribution in [0, 0.1) is 6.92 Å². The maximum atomic E-state index is 12.8. The van der Waals surface area contributed by atoms with Gasteiger partial charge in [-0.2, -0.15) is 0 Å². The van der Waals surface area contributed by atoms with E-state index in [0.29, 0.717) is 10.6 Å². The molecule has 1 fully saturated rings. The fraction of sp³-hybridized carbons (Fsp3) is 0.350. The van der Waals surface area contributed by atoms with Crippen molar-refractivity contribution in [2.75, 3.05) is 32.8 Å². The molecule has 0 amide bonds. The van der Waals surface area contributed by atoms with Crippen molar-refractivity contribution < 1.29 is 9.53 Å². The minimum atomic E-state index is 0.0334. The molecule has 6 heteroatoms. The lowest BCUT2D eigenvalue weighted by molar-refractivity contribution is 0.0365. The number of ketones is 1. The Hall–Kier alpha value is -1.66. The van der Waals surface area contributed by atoms with Gasteiger partial charge in [0, 0.05) is 47.8 Å². The summed E-state index contributed by atoms with van der Waals surface area (Å²) >= 11 is 7.60. The number of benzene rings is 1. The lowest BCUT2D eigenvalue weighted by atomic mass is 10.1. The highest BCUT2D eigenvalue weighted by molar-refractivity contribution is 7.20. The van der Waals surface area contributed by atoms with Gasteiger partial charge in [0.25, 0.3) is 0 Å². The summed E-state index contributed by atoms with van der Waals surface area (Å²) in [5.74, 6) is 0.0334. The maximum absolute atomic E-state index is 12.8. The highest BCUT2D eigenvalue weighted by Gasteiger charge is 2.17. The third-order valence-electron chi connectivity index (χ3n) is 4.83. The maximum Gasteiger partial charge on any atom is 0.203 e. The fourth-order valence-electron chi connectivity index (χ4n) is 3.40. The third kappa shape index (κ3) is 3.58. The van der Waals surface area contributed by atoms with Crippen molar-refractivity contribution in [3.8, 4) is 0 Å². The molecule has 1 aromatic carbocycles. The van der Waals surface area contributed by atoms with E-state index in [1.165, 1.54) is 10.5 Å². The Balaban J connectivity index is 1.57. The number of aryl methyl sites for hydroxylation is 1. The van der Waals surface area contributed by atoms with Gasteiger partial charge >= 0.3 is 0 Å². The smallest absolute Gasteiger partial charge is 0.203 e. The van der Waals surface area contributed by atoms with E-state index >= 15 is 0 Å². The normalized spacial score (nSPS) is 15.6. The molecule has 0 saturated carbocycles. The number of thiophene rings is 1. The summed E-state index contributed by atoms with van der Waals surface area (Å²) < 4.78 is 7.74. The molecule has 136 valence electrons. The molecule has 1 aliphatic heterocycles. The Bertz CT molecular complexity index is 941.